The molecule has 1 saturated heterocycles. The number of nitrogens with one attached hydrogen (secondary N) is 3. The van der Waals surface area contributed by atoms with Crippen LogP contribution in [-0.4, -0.2) is 120 Å². The molecule has 364 valence electrons. The average Bonchev–Trinajstić information content (AvgIpc) is 3.23. The van der Waals surface area contributed by atoms with E-state index in [2.05, 4.69) is 22.9 Å². The van der Waals surface area contributed by atoms with Crippen molar-refractivity contribution in [2.75, 3.05) is 21.1 Å². The maximum Gasteiger partial charge on any atom is 0.329 e. The van der Waals surface area contributed by atoms with Crippen molar-refractivity contribution in [3.05, 3.63) is 0 Å². The number of amides is 6. The lowest BCUT2D eigenvalue weighted by molar-refractivity contribution is -0.163. The molecule has 2 rings (SSSR count). The third-order valence-electron chi connectivity index (χ3n) is 13.0. The fourth-order valence-electron chi connectivity index (χ4n) is 8.76. The maximum absolute atomic E-state index is 14.8. The van der Waals surface area contributed by atoms with Gasteiger partial charge in [0.25, 0.3) is 5.91 Å². The zero-order chi connectivity index (χ0) is 48.5. The molecule has 1 aliphatic carbocycles. The molecular weight excluding hydrogens is 815 g/mol. The van der Waals surface area contributed by atoms with Crippen LogP contribution >= 0.6 is 0 Å². The van der Waals surface area contributed by atoms with Gasteiger partial charge < -0.3 is 35.4 Å². The summed E-state index contributed by atoms with van der Waals surface area (Å²) in [6, 6.07) is -4.44. The van der Waals surface area contributed by atoms with Crippen LogP contribution in [-0.2, 0) is 38.3 Å². The first kappa shape index (κ1) is 55.9. The van der Waals surface area contributed by atoms with E-state index >= 15 is 0 Å². The van der Waals surface area contributed by atoms with Crippen molar-refractivity contribution in [1.29, 1.82) is 5.26 Å². The lowest BCUT2D eigenvalue weighted by Crippen LogP contribution is -2.60. The smallest absolute Gasteiger partial charge is 0.329 e. The summed E-state index contributed by atoms with van der Waals surface area (Å²) in [4.78, 5) is 105. The van der Waals surface area contributed by atoms with Gasteiger partial charge in [0.15, 0.2) is 6.10 Å². The molecule has 0 aromatic carbocycles. The van der Waals surface area contributed by atoms with Gasteiger partial charge in [-0.2, -0.15) is 5.26 Å². The van der Waals surface area contributed by atoms with Crippen LogP contribution in [0.3, 0.4) is 0 Å². The Kier molecular flexibility index (Phi) is 23.3. The molecule has 6 amide bonds. The van der Waals surface area contributed by atoms with Crippen molar-refractivity contribution < 1.29 is 38.3 Å². The Hall–Kier alpha value is -4.22. The molecule has 15 nitrogen and oxygen atoms in total. The zero-order valence-corrected chi connectivity index (χ0v) is 41.7. The van der Waals surface area contributed by atoms with Gasteiger partial charge in [-0.05, 0) is 74.5 Å². The molecule has 1 aliphatic heterocycles. The average molecular weight is 900 g/mol. The molecule has 3 N–H and O–H groups in total. The molecule has 0 radical (unpaired) electrons. The summed E-state index contributed by atoms with van der Waals surface area (Å²) in [5, 5.41) is 18.3. The number of carbonyl (C=O) groups is 7. The minimum absolute atomic E-state index is 0.0195. The van der Waals surface area contributed by atoms with Crippen LogP contribution in [0, 0.1) is 40.4 Å². The minimum atomic E-state index is -1.47. The van der Waals surface area contributed by atoms with E-state index in [1.54, 1.807) is 7.05 Å². The fraction of sp³-hybridized carbons (Fsp3) is 0.837. The topological polar surface area (TPSA) is 198 Å². The van der Waals surface area contributed by atoms with Gasteiger partial charge in [0.2, 0.25) is 29.5 Å². The fourth-order valence-corrected chi connectivity index (χ4v) is 8.76. The monoisotopic (exact) mass is 900 g/mol. The number of esters is 1. The van der Waals surface area contributed by atoms with E-state index in [0.717, 1.165) is 51.4 Å². The Morgan fingerprint density at radius 2 is 1.22 bits per heavy atom. The predicted octanol–water partition coefficient (Wildman–Crippen LogP) is 6.28. The van der Waals surface area contributed by atoms with E-state index in [4.69, 9.17) is 4.74 Å². The number of unbranched alkanes of at least 4 members (excludes halogenated alkanes) is 1. The van der Waals surface area contributed by atoms with Crippen molar-refractivity contribution in [3.8, 4) is 6.07 Å². The maximum atomic E-state index is 14.8. The molecule has 15 heteroatoms. The number of hydrogen-bond acceptors (Lipinski definition) is 9. The number of hydrogen-bond donors (Lipinski definition) is 3. The number of ether oxygens (including phenoxy) is 1. The van der Waals surface area contributed by atoms with Crippen LogP contribution in [0.4, 0.5) is 0 Å². The van der Waals surface area contributed by atoms with E-state index in [-0.39, 0.29) is 67.6 Å². The Balaban J connectivity index is 2.87. The van der Waals surface area contributed by atoms with Gasteiger partial charge in [0.05, 0.1) is 6.07 Å². The number of rotatable bonds is 15. The molecule has 0 bridgehead atoms. The molecule has 0 unspecified atom stereocenters. The second kappa shape index (κ2) is 26.7. The van der Waals surface area contributed by atoms with E-state index in [0.29, 0.717) is 12.8 Å². The Bertz CT molecular complexity index is 1600. The first-order valence-corrected chi connectivity index (χ1v) is 24.2. The van der Waals surface area contributed by atoms with E-state index < -0.39 is 83.8 Å². The third kappa shape index (κ3) is 18.0. The summed E-state index contributed by atoms with van der Waals surface area (Å²) >= 11 is 0. The van der Waals surface area contributed by atoms with Gasteiger partial charge in [-0.1, -0.05) is 114 Å². The van der Waals surface area contributed by atoms with E-state index in [1.165, 1.54) is 35.7 Å². The summed E-state index contributed by atoms with van der Waals surface area (Å²) in [6.07, 6.45) is 7.68. The van der Waals surface area contributed by atoms with Gasteiger partial charge in [0, 0.05) is 34.0 Å². The summed E-state index contributed by atoms with van der Waals surface area (Å²) in [5.41, 5.74) is -0.243. The molecule has 0 aromatic rings. The Morgan fingerprint density at radius 3 is 1.77 bits per heavy atom. The molecule has 2 fully saturated rings. The molecule has 0 spiro atoms. The van der Waals surface area contributed by atoms with Crippen LogP contribution in [0.25, 0.3) is 0 Å². The van der Waals surface area contributed by atoms with Gasteiger partial charge in [-0.25, -0.2) is 4.79 Å². The lowest BCUT2D eigenvalue weighted by atomic mass is 9.84. The van der Waals surface area contributed by atoms with Gasteiger partial charge in [-0.3, -0.25) is 28.8 Å². The first-order valence-electron chi connectivity index (χ1n) is 24.2. The standard InChI is InChI=1S/C49H85N7O8/c1-14-15-20-33(6)29-38-46(61)54(11)34(7)48(63)64-41(23-19-26-50)44(59)51-36(24-25-49(8,9)10)45(60)55(12)39(28-32(4)5)42(57)52-37(27-31(2)3)47(62)56(13)40(43(58)53-38)30-35-21-17-16-18-22-35/h31-41H,14-25,27-30H2,1-13H3,(H,51,59)(H,52,57)(H,53,58)/t33-,34+,36+,37+,38+,39+,40+,41-/m1/s1. The highest BCUT2D eigenvalue weighted by molar-refractivity contribution is 5.97. The lowest BCUT2D eigenvalue weighted by Gasteiger charge is -2.37. The molecule has 1 heterocycles. The first-order chi connectivity index (χ1) is 29.9. The molecule has 0 aromatic heterocycles. The summed E-state index contributed by atoms with van der Waals surface area (Å²) in [6.45, 7) is 19.3. The molecule has 2 aliphatic rings. The van der Waals surface area contributed by atoms with E-state index in [9.17, 15) is 38.8 Å². The summed E-state index contributed by atoms with van der Waals surface area (Å²) in [5.74, 6) is -4.16. The van der Waals surface area contributed by atoms with Gasteiger partial charge in [-0.15, -0.1) is 0 Å². The van der Waals surface area contributed by atoms with E-state index in [1.807, 2.05) is 61.5 Å². The van der Waals surface area contributed by atoms with Crippen LogP contribution in [0.1, 0.15) is 172 Å². The van der Waals surface area contributed by atoms with Crippen molar-refractivity contribution in [2.45, 2.75) is 214 Å². The molecule has 64 heavy (non-hydrogen) atoms. The van der Waals surface area contributed by atoms with Crippen molar-refractivity contribution in [3.63, 3.8) is 0 Å². The number of likely N-dealkylation sites (N-methyl/N-ethyl adjacent to an activating group) is 3. The Morgan fingerprint density at radius 1 is 0.703 bits per heavy atom. The van der Waals surface area contributed by atoms with Gasteiger partial charge >= 0.3 is 5.97 Å². The normalized spacial score (nSPS) is 26.6. The second-order valence-electron chi connectivity index (χ2n) is 20.9. The van der Waals surface area contributed by atoms with Crippen molar-refractivity contribution in [2.24, 2.45) is 29.1 Å². The molecular formula is C49H85N7O8. The number of nitrogens with zero attached hydrogens (tertiary/aromatic N) is 4. The molecule has 1 saturated carbocycles. The number of cyclic esters (lactones) is 1. The highest BCUT2D eigenvalue weighted by Gasteiger charge is 2.41. The number of carbonyl (C=O) groups excluding carboxylic acids is 7. The van der Waals surface area contributed by atoms with Crippen molar-refractivity contribution in [1.82, 2.24) is 30.7 Å². The largest absolute Gasteiger partial charge is 0.451 e. The summed E-state index contributed by atoms with van der Waals surface area (Å²) < 4.78 is 5.79. The van der Waals surface area contributed by atoms with Crippen LogP contribution in [0.15, 0.2) is 0 Å². The predicted molar refractivity (Wildman–Crippen MR) is 248 cm³/mol. The van der Waals surface area contributed by atoms with Crippen molar-refractivity contribution >= 4 is 41.4 Å². The SMILES string of the molecule is CCCC[C@@H](C)C[C@@H]1NC(=O)[C@H](CC2CCCCC2)N(C)C(=O)[C@H](CC(C)C)NC(=O)[C@H](CC(C)C)N(C)C(=O)[C@H](CCC(C)(C)C)NC(=O)[C@@H](CCC#N)OC(=O)[C@H](C)N(C)C1=O. The highest BCUT2D eigenvalue weighted by Crippen LogP contribution is 2.30. The quantitative estimate of drug-likeness (QED) is 0.159. The second-order valence-corrected chi connectivity index (χ2v) is 20.9. The Labute approximate surface area is 385 Å². The van der Waals surface area contributed by atoms with Crippen LogP contribution in [0.2, 0.25) is 0 Å². The zero-order valence-electron chi connectivity index (χ0n) is 41.7. The number of nitriles is 1. The third-order valence-corrected chi connectivity index (χ3v) is 13.0. The summed E-state index contributed by atoms with van der Waals surface area (Å²) in [7, 11) is 4.54. The highest BCUT2D eigenvalue weighted by atomic mass is 16.5. The minimum Gasteiger partial charge on any atom is -0.451 e. The van der Waals surface area contributed by atoms with Gasteiger partial charge in [0.1, 0.15) is 36.3 Å². The molecule has 8 atom stereocenters. The van der Waals surface area contributed by atoms with Crippen LogP contribution < -0.4 is 16.0 Å². The van der Waals surface area contributed by atoms with Crippen LogP contribution in [0.5, 0.6) is 0 Å².